The van der Waals surface area contributed by atoms with Crippen LogP contribution in [-0.4, -0.2) is 22.5 Å². The molecule has 0 atom stereocenters. The molecule has 0 N–H and O–H groups in total. The van der Waals surface area contributed by atoms with Crippen molar-refractivity contribution in [2.45, 2.75) is 4.90 Å². The van der Waals surface area contributed by atoms with Gasteiger partial charge in [0, 0.05) is 36.8 Å². The summed E-state index contributed by atoms with van der Waals surface area (Å²) in [6.45, 7) is 0. The zero-order chi connectivity index (χ0) is 25.1. The van der Waals surface area contributed by atoms with Crippen molar-refractivity contribution in [1.82, 2.24) is 0 Å². The molecule has 5 rings (SSSR count). The van der Waals surface area contributed by atoms with E-state index in [1.165, 1.54) is 0 Å². The molecule has 0 heterocycles. The Bertz CT molecular complexity index is 1580. The number of anilines is 4. The molecule has 0 aliphatic heterocycles. The second-order valence-corrected chi connectivity index (χ2v) is 10.1. The number of benzene rings is 5. The van der Waals surface area contributed by atoms with Crippen LogP contribution in [0.15, 0.2) is 126 Å². The second kappa shape index (κ2) is 9.76. The predicted molar refractivity (Wildman–Crippen MR) is 147 cm³/mol. The first-order chi connectivity index (χ1) is 17.4. The molecule has 0 fully saturated rings. The van der Waals surface area contributed by atoms with Gasteiger partial charge in [-0.05, 0) is 83.6 Å². The lowest BCUT2D eigenvalue weighted by Crippen LogP contribution is -2.12. The third kappa shape index (κ3) is 4.90. The SMILES string of the molecule is CN(c1ccccc1)c1ccc(N(C)c2ccc(OS(=O)(=O)c3ccc4ccccc4c3)cc2)cc1. The van der Waals surface area contributed by atoms with Gasteiger partial charge in [-0.3, -0.25) is 0 Å². The van der Waals surface area contributed by atoms with Crippen LogP contribution in [0.1, 0.15) is 0 Å². The summed E-state index contributed by atoms with van der Waals surface area (Å²) in [6, 6.07) is 38.1. The molecular weight excluding hydrogens is 468 g/mol. The first-order valence-corrected chi connectivity index (χ1v) is 13.0. The van der Waals surface area contributed by atoms with Gasteiger partial charge >= 0.3 is 10.1 Å². The van der Waals surface area contributed by atoms with Crippen LogP contribution in [0, 0.1) is 0 Å². The summed E-state index contributed by atoms with van der Waals surface area (Å²) < 4.78 is 31.1. The average molecular weight is 495 g/mol. The van der Waals surface area contributed by atoms with Crippen molar-refractivity contribution < 1.29 is 12.6 Å². The van der Waals surface area contributed by atoms with Gasteiger partial charge in [-0.2, -0.15) is 8.42 Å². The van der Waals surface area contributed by atoms with Crippen LogP contribution in [0.3, 0.4) is 0 Å². The fourth-order valence-corrected chi connectivity index (χ4v) is 5.04. The van der Waals surface area contributed by atoms with E-state index in [1.54, 1.807) is 30.3 Å². The standard InChI is InChI=1S/C30H26N2O3S/c1-31(25-10-4-3-5-11-25)26-13-15-27(16-14-26)32(2)28-17-19-29(20-18-28)35-36(33,34)30-21-12-23-8-6-7-9-24(23)22-30/h3-22H,1-2H3. The van der Waals surface area contributed by atoms with Gasteiger partial charge < -0.3 is 14.0 Å². The van der Waals surface area contributed by atoms with E-state index in [1.807, 2.05) is 73.6 Å². The van der Waals surface area contributed by atoms with E-state index >= 15 is 0 Å². The minimum Gasteiger partial charge on any atom is -0.379 e. The van der Waals surface area contributed by atoms with Crippen molar-refractivity contribution in [3.8, 4) is 5.75 Å². The fraction of sp³-hybridized carbons (Fsp3) is 0.0667. The largest absolute Gasteiger partial charge is 0.379 e. The molecular formula is C30H26N2O3S. The first-order valence-electron chi connectivity index (χ1n) is 11.6. The monoisotopic (exact) mass is 494 g/mol. The molecule has 5 aromatic carbocycles. The van der Waals surface area contributed by atoms with E-state index in [-0.39, 0.29) is 10.6 Å². The van der Waals surface area contributed by atoms with E-state index in [0.29, 0.717) is 0 Å². The summed E-state index contributed by atoms with van der Waals surface area (Å²) in [4.78, 5) is 4.29. The Morgan fingerprint density at radius 1 is 0.528 bits per heavy atom. The Labute approximate surface area is 211 Å². The molecule has 0 amide bonds. The lowest BCUT2D eigenvalue weighted by Gasteiger charge is -2.23. The number of para-hydroxylation sites is 1. The van der Waals surface area contributed by atoms with Gasteiger partial charge in [0.2, 0.25) is 0 Å². The minimum absolute atomic E-state index is 0.128. The smallest absolute Gasteiger partial charge is 0.339 e. The van der Waals surface area contributed by atoms with Gasteiger partial charge in [0.1, 0.15) is 10.6 Å². The Hall–Kier alpha value is -4.29. The van der Waals surface area contributed by atoms with Gasteiger partial charge in [0.05, 0.1) is 0 Å². The minimum atomic E-state index is -3.94. The van der Waals surface area contributed by atoms with Gasteiger partial charge in [-0.15, -0.1) is 0 Å². The highest BCUT2D eigenvalue weighted by molar-refractivity contribution is 7.87. The van der Waals surface area contributed by atoms with Crippen LogP contribution >= 0.6 is 0 Å². The molecule has 6 heteroatoms. The molecule has 0 aromatic heterocycles. The summed E-state index contributed by atoms with van der Waals surface area (Å²) in [5, 5.41) is 1.82. The third-order valence-corrected chi connectivity index (χ3v) is 7.45. The van der Waals surface area contributed by atoms with Crippen LogP contribution < -0.4 is 14.0 Å². The normalized spacial score (nSPS) is 11.3. The molecule has 0 unspecified atom stereocenters. The van der Waals surface area contributed by atoms with Crippen LogP contribution in [0.25, 0.3) is 10.8 Å². The molecule has 0 spiro atoms. The van der Waals surface area contributed by atoms with Crippen LogP contribution in [0.5, 0.6) is 5.75 Å². The van der Waals surface area contributed by atoms with Crippen molar-refractivity contribution in [2.24, 2.45) is 0 Å². The maximum absolute atomic E-state index is 12.8. The van der Waals surface area contributed by atoms with Gasteiger partial charge in [0.15, 0.2) is 0 Å². The molecule has 5 aromatic rings. The van der Waals surface area contributed by atoms with Crippen LogP contribution in [0.4, 0.5) is 22.7 Å². The number of nitrogens with zero attached hydrogens (tertiary/aromatic N) is 2. The number of fused-ring (bicyclic) bond motifs is 1. The lowest BCUT2D eigenvalue weighted by atomic mass is 10.1. The Morgan fingerprint density at radius 3 is 1.58 bits per heavy atom. The molecule has 36 heavy (non-hydrogen) atoms. The highest BCUT2D eigenvalue weighted by Gasteiger charge is 2.17. The Kier molecular flexibility index (Phi) is 6.36. The number of hydrogen-bond donors (Lipinski definition) is 0. The quantitative estimate of drug-likeness (QED) is 0.225. The molecule has 0 radical (unpaired) electrons. The van der Waals surface area contributed by atoms with E-state index in [4.69, 9.17) is 4.18 Å². The fourth-order valence-electron chi connectivity index (χ4n) is 4.07. The molecule has 5 nitrogen and oxygen atoms in total. The Balaban J connectivity index is 1.29. The lowest BCUT2D eigenvalue weighted by molar-refractivity contribution is 0.486. The van der Waals surface area contributed by atoms with Crippen molar-refractivity contribution in [1.29, 1.82) is 0 Å². The molecule has 0 aliphatic carbocycles. The summed E-state index contributed by atoms with van der Waals surface area (Å²) in [7, 11) is 0.0661. The third-order valence-electron chi connectivity index (χ3n) is 6.21. The Morgan fingerprint density at radius 2 is 1.00 bits per heavy atom. The summed E-state index contributed by atoms with van der Waals surface area (Å²) >= 11 is 0. The topological polar surface area (TPSA) is 49.9 Å². The number of hydrogen-bond acceptors (Lipinski definition) is 5. The van der Waals surface area contributed by atoms with Gasteiger partial charge in [-0.1, -0.05) is 48.5 Å². The van der Waals surface area contributed by atoms with Crippen molar-refractivity contribution in [3.63, 3.8) is 0 Å². The van der Waals surface area contributed by atoms with Crippen LogP contribution in [0.2, 0.25) is 0 Å². The predicted octanol–water partition coefficient (Wildman–Crippen LogP) is 7.14. The molecule has 180 valence electrons. The molecule has 0 aliphatic rings. The zero-order valence-electron chi connectivity index (χ0n) is 20.1. The van der Waals surface area contributed by atoms with Gasteiger partial charge in [0.25, 0.3) is 0 Å². The zero-order valence-corrected chi connectivity index (χ0v) is 20.9. The highest BCUT2D eigenvalue weighted by atomic mass is 32.2. The molecule has 0 saturated heterocycles. The molecule has 0 bridgehead atoms. The van der Waals surface area contributed by atoms with E-state index in [9.17, 15) is 8.42 Å². The summed E-state index contributed by atoms with van der Waals surface area (Å²) in [5.74, 6) is 0.264. The van der Waals surface area contributed by atoms with Crippen LogP contribution in [-0.2, 0) is 10.1 Å². The van der Waals surface area contributed by atoms with E-state index < -0.39 is 10.1 Å². The van der Waals surface area contributed by atoms with Crippen molar-refractivity contribution in [2.75, 3.05) is 23.9 Å². The molecule has 0 saturated carbocycles. The number of rotatable bonds is 7. The van der Waals surface area contributed by atoms with E-state index in [0.717, 1.165) is 33.5 Å². The van der Waals surface area contributed by atoms with Crippen molar-refractivity contribution in [3.05, 3.63) is 121 Å². The maximum atomic E-state index is 12.8. The average Bonchev–Trinajstić information content (AvgIpc) is 2.93. The summed E-state index contributed by atoms with van der Waals surface area (Å²) in [5.41, 5.74) is 4.13. The second-order valence-electron chi connectivity index (χ2n) is 8.51. The van der Waals surface area contributed by atoms with Crippen molar-refractivity contribution >= 4 is 43.6 Å². The maximum Gasteiger partial charge on any atom is 0.339 e. The first kappa shape index (κ1) is 23.5. The highest BCUT2D eigenvalue weighted by Crippen LogP contribution is 2.30. The van der Waals surface area contributed by atoms with Gasteiger partial charge in [-0.25, -0.2) is 0 Å². The van der Waals surface area contributed by atoms with E-state index in [2.05, 4.69) is 41.3 Å². The summed E-state index contributed by atoms with van der Waals surface area (Å²) in [6.07, 6.45) is 0.